The fourth-order valence-electron chi connectivity index (χ4n) is 3.28. The third kappa shape index (κ3) is 2.84. The van der Waals surface area contributed by atoms with Gasteiger partial charge in [0.25, 0.3) is 0 Å². The maximum Gasteiger partial charge on any atom is 0.0412 e. The molecule has 3 fully saturated rings. The van der Waals surface area contributed by atoms with Crippen LogP contribution in [0.15, 0.2) is 24.3 Å². The average molecular weight is 271 g/mol. The van der Waals surface area contributed by atoms with Gasteiger partial charge in [0, 0.05) is 50.5 Å². The summed E-state index contributed by atoms with van der Waals surface area (Å²) in [7, 11) is 0. The van der Waals surface area contributed by atoms with Crippen LogP contribution in [0.3, 0.4) is 0 Å². The number of para-hydroxylation sites is 1. The summed E-state index contributed by atoms with van der Waals surface area (Å²) in [6.07, 6.45) is 5.59. The Hall–Kier alpha value is -1.06. The molecule has 1 aliphatic heterocycles. The molecule has 2 saturated carbocycles. The van der Waals surface area contributed by atoms with Crippen LogP contribution in [0.2, 0.25) is 0 Å². The highest BCUT2D eigenvalue weighted by atomic mass is 15.3. The van der Waals surface area contributed by atoms with Gasteiger partial charge in [0.15, 0.2) is 0 Å². The van der Waals surface area contributed by atoms with E-state index in [1.165, 1.54) is 63.1 Å². The summed E-state index contributed by atoms with van der Waals surface area (Å²) < 4.78 is 0. The van der Waals surface area contributed by atoms with Crippen LogP contribution < -0.4 is 10.2 Å². The molecule has 1 saturated heterocycles. The average Bonchev–Trinajstić information content (AvgIpc) is 3.40. The molecule has 1 heterocycles. The molecule has 3 nitrogen and oxygen atoms in total. The van der Waals surface area contributed by atoms with E-state index in [9.17, 15) is 0 Å². The quantitative estimate of drug-likeness (QED) is 0.886. The van der Waals surface area contributed by atoms with Crippen LogP contribution in [-0.4, -0.2) is 43.2 Å². The topological polar surface area (TPSA) is 18.5 Å². The number of hydrogen-bond donors (Lipinski definition) is 1. The molecule has 0 amide bonds. The second-order valence-corrected chi connectivity index (χ2v) is 6.54. The molecule has 0 spiro atoms. The highest BCUT2D eigenvalue weighted by Gasteiger charge is 2.31. The minimum atomic E-state index is 0.787. The van der Waals surface area contributed by atoms with Gasteiger partial charge in [-0.25, -0.2) is 0 Å². The van der Waals surface area contributed by atoms with E-state index in [-0.39, 0.29) is 0 Å². The van der Waals surface area contributed by atoms with Gasteiger partial charge in [-0.2, -0.15) is 0 Å². The van der Waals surface area contributed by atoms with Crippen LogP contribution in [0.4, 0.5) is 5.69 Å². The Morgan fingerprint density at radius 2 is 1.70 bits per heavy atom. The zero-order chi connectivity index (χ0) is 13.4. The van der Waals surface area contributed by atoms with E-state index >= 15 is 0 Å². The second kappa shape index (κ2) is 5.38. The first-order valence-corrected chi connectivity index (χ1v) is 8.20. The fraction of sp³-hybridized carbons (Fsp3) is 0.647. The summed E-state index contributed by atoms with van der Waals surface area (Å²) in [6.45, 7) is 5.90. The lowest BCUT2D eigenvalue weighted by atomic mass is 10.1. The Kier molecular flexibility index (Phi) is 3.41. The van der Waals surface area contributed by atoms with Gasteiger partial charge < -0.3 is 10.2 Å². The second-order valence-electron chi connectivity index (χ2n) is 6.54. The predicted molar refractivity (Wildman–Crippen MR) is 83.1 cm³/mol. The third-order valence-corrected chi connectivity index (χ3v) is 4.87. The van der Waals surface area contributed by atoms with Crippen molar-refractivity contribution in [3.05, 3.63) is 29.8 Å². The standard InChI is InChI=1S/C17H25N3/c1-2-4-17(14(3-1)13-18-15-5-6-15)20-11-9-19(10-12-20)16-7-8-16/h1-4,15-16,18H,5-13H2. The molecule has 0 atom stereocenters. The maximum atomic E-state index is 3.65. The number of piperazine rings is 1. The fourth-order valence-corrected chi connectivity index (χ4v) is 3.28. The first-order valence-electron chi connectivity index (χ1n) is 8.20. The van der Waals surface area contributed by atoms with Crippen LogP contribution in [0.1, 0.15) is 31.2 Å². The van der Waals surface area contributed by atoms with E-state index in [0.29, 0.717) is 0 Å². The largest absolute Gasteiger partial charge is 0.369 e. The van der Waals surface area contributed by atoms with E-state index in [1.807, 2.05) is 0 Å². The number of benzene rings is 1. The van der Waals surface area contributed by atoms with Crippen molar-refractivity contribution in [2.24, 2.45) is 0 Å². The smallest absolute Gasteiger partial charge is 0.0412 e. The van der Waals surface area contributed by atoms with Crippen LogP contribution >= 0.6 is 0 Å². The first-order chi connectivity index (χ1) is 9.90. The Balaban J connectivity index is 1.41. The number of nitrogens with one attached hydrogen (secondary N) is 1. The molecule has 0 unspecified atom stereocenters. The normalized spacial score (nSPS) is 24.1. The molecule has 108 valence electrons. The Morgan fingerprint density at radius 1 is 0.950 bits per heavy atom. The summed E-state index contributed by atoms with van der Waals surface area (Å²) in [5, 5.41) is 3.65. The van der Waals surface area contributed by atoms with E-state index < -0.39 is 0 Å². The van der Waals surface area contributed by atoms with Gasteiger partial charge in [0.1, 0.15) is 0 Å². The molecular formula is C17H25N3. The van der Waals surface area contributed by atoms with E-state index in [4.69, 9.17) is 0 Å². The summed E-state index contributed by atoms with van der Waals surface area (Å²) in [5.74, 6) is 0. The van der Waals surface area contributed by atoms with Gasteiger partial charge in [-0.1, -0.05) is 18.2 Å². The number of hydrogen-bond acceptors (Lipinski definition) is 3. The van der Waals surface area contributed by atoms with Gasteiger partial charge in [-0.15, -0.1) is 0 Å². The molecule has 0 aromatic heterocycles. The van der Waals surface area contributed by atoms with Crippen molar-refractivity contribution in [2.45, 2.75) is 44.3 Å². The van der Waals surface area contributed by atoms with Crippen LogP contribution in [0, 0.1) is 0 Å². The van der Waals surface area contributed by atoms with Gasteiger partial charge in [0.2, 0.25) is 0 Å². The minimum absolute atomic E-state index is 0.787. The molecular weight excluding hydrogens is 246 g/mol. The Morgan fingerprint density at radius 3 is 2.40 bits per heavy atom. The zero-order valence-corrected chi connectivity index (χ0v) is 12.2. The highest BCUT2D eigenvalue weighted by Crippen LogP contribution is 2.29. The van der Waals surface area contributed by atoms with Crippen molar-refractivity contribution in [1.82, 2.24) is 10.2 Å². The molecule has 4 rings (SSSR count). The van der Waals surface area contributed by atoms with Crippen LogP contribution in [0.5, 0.6) is 0 Å². The van der Waals surface area contributed by atoms with Gasteiger partial charge >= 0.3 is 0 Å². The lowest BCUT2D eigenvalue weighted by Crippen LogP contribution is -2.47. The Bertz CT molecular complexity index is 457. The van der Waals surface area contributed by atoms with Crippen molar-refractivity contribution < 1.29 is 0 Å². The molecule has 0 bridgehead atoms. The highest BCUT2D eigenvalue weighted by molar-refractivity contribution is 5.54. The first kappa shape index (κ1) is 12.7. The molecule has 2 aliphatic carbocycles. The number of anilines is 1. The lowest BCUT2D eigenvalue weighted by Gasteiger charge is -2.37. The summed E-state index contributed by atoms with van der Waals surface area (Å²) in [6, 6.07) is 10.7. The number of rotatable bonds is 5. The van der Waals surface area contributed by atoms with Crippen molar-refractivity contribution in [2.75, 3.05) is 31.1 Å². The van der Waals surface area contributed by atoms with Crippen LogP contribution in [0.25, 0.3) is 0 Å². The van der Waals surface area contributed by atoms with Crippen molar-refractivity contribution in [1.29, 1.82) is 0 Å². The van der Waals surface area contributed by atoms with E-state index in [1.54, 1.807) is 0 Å². The van der Waals surface area contributed by atoms with Gasteiger partial charge in [-0.05, 0) is 37.3 Å². The Labute approximate surface area is 121 Å². The van der Waals surface area contributed by atoms with Crippen molar-refractivity contribution >= 4 is 5.69 Å². The predicted octanol–water partition coefficient (Wildman–Crippen LogP) is 2.22. The van der Waals surface area contributed by atoms with Gasteiger partial charge in [0.05, 0.1) is 0 Å². The molecule has 1 N–H and O–H groups in total. The van der Waals surface area contributed by atoms with Crippen molar-refractivity contribution in [3.63, 3.8) is 0 Å². The van der Waals surface area contributed by atoms with Crippen LogP contribution in [-0.2, 0) is 6.54 Å². The molecule has 0 radical (unpaired) electrons. The molecule has 1 aromatic rings. The molecule has 3 heteroatoms. The SMILES string of the molecule is c1ccc(N2CCN(C3CC3)CC2)c(CNC2CC2)c1. The van der Waals surface area contributed by atoms with E-state index in [0.717, 1.165) is 18.6 Å². The van der Waals surface area contributed by atoms with Crippen molar-refractivity contribution in [3.8, 4) is 0 Å². The molecule has 1 aromatic carbocycles. The monoisotopic (exact) mass is 271 g/mol. The maximum absolute atomic E-state index is 3.65. The summed E-state index contributed by atoms with van der Waals surface area (Å²) >= 11 is 0. The minimum Gasteiger partial charge on any atom is -0.369 e. The summed E-state index contributed by atoms with van der Waals surface area (Å²) in [4.78, 5) is 5.27. The summed E-state index contributed by atoms with van der Waals surface area (Å²) in [5.41, 5.74) is 2.93. The molecule has 20 heavy (non-hydrogen) atoms. The van der Waals surface area contributed by atoms with Gasteiger partial charge in [-0.3, -0.25) is 4.90 Å². The lowest BCUT2D eigenvalue weighted by molar-refractivity contribution is 0.248. The molecule has 3 aliphatic rings. The zero-order valence-electron chi connectivity index (χ0n) is 12.2. The third-order valence-electron chi connectivity index (χ3n) is 4.87. The van der Waals surface area contributed by atoms with E-state index in [2.05, 4.69) is 39.4 Å². The number of nitrogens with zero attached hydrogens (tertiary/aromatic N) is 2.